The second kappa shape index (κ2) is 10.2. The summed E-state index contributed by atoms with van der Waals surface area (Å²) >= 11 is 5.92. The summed E-state index contributed by atoms with van der Waals surface area (Å²) in [5.74, 6) is -0.128. The van der Waals surface area contributed by atoms with E-state index < -0.39 is 10.0 Å². The Morgan fingerprint density at radius 1 is 1.03 bits per heavy atom. The average Bonchev–Trinajstić information content (AvgIpc) is 2.72. The number of carbonyl (C=O) groups excluding carboxylic acids is 1. The summed E-state index contributed by atoms with van der Waals surface area (Å²) < 4.78 is 26.8. The summed E-state index contributed by atoms with van der Waals surface area (Å²) in [7, 11) is -3.57. The number of carbonyl (C=O) groups is 1. The van der Waals surface area contributed by atoms with Gasteiger partial charge in [-0.2, -0.15) is 0 Å². The predicted molar refractivity (Wildman–Crippen MR) is 114 cm³/mol. The monoisotopic (exact) mass is 435 g/mol. The van der Waals surface area contributed by atoms with Gasteiger partial charge >= 0.3 is 0 Å². The minimum atomic E-state index is -3.57. The highest BCUT2D eigenvalue weighted by molar-refractivity contribution is 7.89. The zero-order valence-corrected chi connectivity index (χ0v) is 17.8. The molecule has 0 atom stereocenters. The molecule has 1 fully saturated rings. The van der Waals surface area contributed by atoms with Crippen molar-refractivity contribution >= 4 is 27.5 Å². The van der Waals surface area contributed by atoms with Gasteiger partial charge in [0.25, 0.3) is 0 Å². The summed E-state index contributed by atoms with van der Waals surface area (Å²) in [6.45, 7) is 2.78. The first-order chi connectivity index (χ1) is 13.9. The van der Waals surface area contributed by atoms with Gasteiger partial charge in [-0.3, -0.25) is 9.69 Å². The Hall–Kier alpha value is -1.93. The Morgan fingerprint density at radius 3 is 2.34 bits per heavy atom. The third-order valence-corrected chi connectivity index (χ3v) is 6.70. The van der Waals surface area contributed by atoms with E-state index in [1.165, 1.54) is 17.7 Å². The Bertz CT molecular complexity index is 897. The molecule has 0 aromatic heterocycles. The van der Waals surface area contributed by atoms with Crippen molar-refractivity contribution in [2.45, 2.75) is 36.7 Å². The molecular formula is C21H26ClN3O3S. The molecule has 1 amide bonds. The lowest BCUT2D eigenvalue weighted by atomic mass is 10.0. The van der Waals surface area contributed by atoms with Crippen LogP contribution in [-0.2, 0) is 21.4 Å². The molecule has 2 aromatic rings. The molecule has 1 aliphatic rings. The lowest BCUT2D eigenvalue weighted by Gasteiger charge is -2.32. The van der Waals surface area contributed by atoms with Gasteiger partial charge in [0.05, 0.1) is 4.90 Å². The largest absolute Gasteiger partial charge is 0.353 e. The van der Waals surface area contributed by atoms with E-state index in [0.29, 0.717) is 0 Å². The van der Waals surface area contributed by atoms with Gasteiger partial charge in [0.15, 0.2) is 0 Å². The Kier molecular flexibility index (Phi) is 7.66. The second-order valence-electron chi connectivity index (χ2n) is 7.21. The first kappa shape index (κ1) is 21.8. The van der Waals surface area contributed by atoms with Crippen LogP contribution in [0.25, 0.3) is 0 Å². The maximum Gasteiger partial charge on any atom is 0.240 e. The van der Waals surface area contributed by atoms with Crippen LogP contribution in [0.4, 0.5) is 0 Å². The van der Waals surface area contributed by atoms with E-state index in [0.717, 1.165) is 37.5 Å². The Labute approximate surface area is 177 Å². The number of benzene rings is 2. The minimum Gasteiger partial charge on any atom is -0.353 e. The number of rotatable bonds is 8. The number of likely N-dealkylation sites (tertiary alicyclic amines) is 1. The lowest BCUT2D eigenvalue weighted by molar-refractivity contribution is -0.121. The van der Waals surface area contributed by atoms with Crippen molar-refractivity contribution in [2.75, 3.05) is 19.6 Å². The summed E-state index contributed by atoms with van der Waals surface area (Å²) in [5, 5.41) is 3.76. The van der Waals surface area contributed by atoms with Crippen LogP contribution >= 0.6 is 11.6 Å². The molecule has 0 spiro atoms. The number of nitrogens with one attached hydrogen (secondary N) is 2. The van der Waals surface area contributed by atoms with Crippen molar-refractivity contribution in [3.05, 3.63) is 65.2 Å². The molecule has 6 nitrogen and oxygen atoms in total. The molecule has 2 N–H and O–H groups in total. The van der Waals surface area contributed by atoms with Crippen LogP contribution in [0.3, 0.4) is 0 Å². The number of hydrogen-bond donors (Lipinski definition) is 2. The minimum absolute atomic E-state index is 0.0818. The third kappa shape index (κ3) is 6.82. The first-order valence-corrected chi connectivity index (χ1v) is 11.6. The topological polar surface area (TPSA) is 78.5 Å². The van der Waals surface area contributed by atoms with Crippen LogP contribution in [0.15, 0.2) is 59.5 Å². The molecule has 29 heavy (non-hydrogen) atoms. The second-order valence-corrected chi connectivity index (χ2v) is 9.41. The number of nitrogens with zero attached hydrogens (tertiary/aromatic N) is 1. The smallest absolute Gasteiger partial charge is 0.240 e. The molecule has 1 aliphatic heterocycles. The van der Waals surface area contributed by atoms with Gasteiger partial charge in [0.2, 0.25) is 15.9 Å². The Morgan fingerprint density at radius 2 is 1.69 bits per heavy atom. The molecule has 8 heteroatoms. The van der Waals surface area contributed by atoms with Crippen molar-refractivity contribution in [3.63, 3.8) is 0 Å². The number of piperidine rings is 1. The van der Waals surface area contributed by atoms with Gasteiger partial charge in [0.1, 0.15) is 0 Å². The van der Waals surface area contributed by atoms with E-state index in [9.17, 15) is 13.2 Å². The molecule has 0 saturated carbocycles. The van der Waals surface area contributed by atoms with Gasteiger partial charge < -0.3 is 5.32 Å². The molecule has 0 radical (unpaired) electrons. The van der Waals surface area contributed by atoms with E-state index in [1.807, 2.05) is 24.3 Å². The summed E-state index contributed by atoms with van der Waals surface area (Å²) in [6, 6.07) is 16.1. The van der Waals surface area contributed by atoms with Crippen molar-refractivity contribution in [1.82, 2.24) is 14.9 Å². The highest BCUT2D eigenvalue weighted by Crippen LogP contribution is 2.16. The number of halogens is 1. The van der Waals surface area contributed by atoms with Gasteiger partial charge in [-0.15, -0.1) is 0 Å². The lowest BCUT2D eigenvalue weighted by Crippen LogP contribution is -2.45. The van der Waals surface area contributed by atoms with Crippen molar-refractivity contribution in [1.29, 1.82) is 0 Å². The van der Waals surface area contributed by atoms with Gasteiger partial charge in [-0.05, 0) is 42.7 Å². The molecular weight excluding hydrogens is 410 g/mol. The zero-order valence-electron chi connectivity index (χ0n) is 16.2. The van der Waals surface area contributed by atoms with Gasteiger partial charge in [-0.25, -0.2) is 13.1 Å². The molecule has 1 heterocycles. The highest BCUT2D eigenvalue weighted by Gasteiger charge is 2.21. The van der Waals surface area contributed by atoms with E-state index in [4.69, 9.17) is 11.6 Å². The van der Waals surface area contributed by atoms with E-state index in [-0.39, 0.29) is 29.8 Å². The van der Waals surface area contributed by atoms with Crippen LogP contribution in [0.5, 0.6) is 0 Å². The highest BCUT2D eigenvalue weighted by atomic mass is 35.5. The standard InChI is InChI=1S/C21H26ClN3O3S/c22-18-8-6-17(7-9-18)16-25-14-11-19(12-15-25)24-21(26)10-13-23-29(27,28)20-4-2-1-3-5-20/h1-9,19,23H,10-16H2,(H,24,26). The number of sulfonamides is 1. The number of hydrogen-bond acceptors (Lipinski definition) is 4. The molecule has 3 rings (SSSR count). The van der Waals surface area contributed by atoms with Crippen LogP contribution in [0, 0.1) is 0 Å². The fourth-order valence-electron chi connectivity index (χ4n) is 3.37. The van der Waals surface area contributed by atoms with Crippen LogP contribution < -0.4 is 10.0 Å². The predicted octanol–water partition coefficient (Wildman–Crippen LogP) is 2.79. The van der Waals surface area contributed by atoms with E-state index in [1.54, 1.807) is 18.2 Å². The summed E-state index contributed by atoms with van der Waals surface area (Å²) in [6.07, 6.45) is 1.89. The Balaban J connectivity index is 1.36. The molecule has 0 aliphatic carbocycles. The SMILES string of the molecule is O=C(CCNS(=O)(=O)c1ccccc1)NC1CCN(Cc2ccc(Cl)cc2)CC1. The molecule has 0 bridgehead atoms. The molecule has 156 valence electrons. The maximum absolute atomic E-state index is 12.2. The van der Waals surface area contributed by atoms with Crippen molar-refractivity contribution < 1.29 is 13.2 Å². The molecule has 0 unspecified atom stereocenters. The van der Waals surface area contributed by atoms with Crippen LogP contribution in [-0.4, -0.2) is 44.9 Å². The van der Waals surface area contributed by atoms with Crippen LogP contribution in [0.1, 0.15) is 24.8 Å². The van der Waals surface area contributed by atoms with E-state index >= 15 is 0 Å². The maximum atomic E-state index is 12.2. The quantitative estimate of drug-likeness (QED) is 0.668. The fourth-order valence-corrected chi connectivity index (χ4v) is 4.54. The normalized spacial score (nSPS) is 15.9. The molecule has 1 saturated heterocycles. The van der Waals surface area contributed by atoms with Crippen molar-refractivity contribution in [2.24, 2.45) is 0 Å². The zero-order chi connectivity index (χ0) is 20.7. The fraction of sp³-hybridized carbons (Fsp3) is 0.381. The summed E-state index contributed by atoms with van der Waals surface area (Å²) in [4.78, 5) is 14.7. The van der Waals surface area contributed by atoms with Crippen molar-refractivity contribution in [3.8, 4) is 0 Å². The first-order valence-electron chi connectivity index (χ1n) is 9.73. The van der Waals surface area contributed by atoms with E-state index in [2.05, 4.69) is 14.9 Å². The van der Waals surface area contributed by atoms with Gasteiger partial charge in [0, 0.05) is 43.7 Å². The van der Waals surface area contributed by atoms with Gasteiger partial charge in [-0.1, -0.05) is 41.9 Å². The summed E-state index contributed by atoms with van der Waals surface area (Å²) in [5.41, 5.74) is 1.22. The average molecular weight is 436 g/mol. The number of amides is 1. The van der Waals surface area contributed by atoms with Crippen LogP contribution in [0.2, 0.25) is 5.02 Å². The molecule has 2 aromatic carbocycles. The third-order valence-electron chi connectivity index (χ3n) is 4.97.